The average molecular weight is 172 g/mol. The van der Waals surface area contributed by atoms with E-state index >= 15 is 0 Å². The number of nitrogens with two attached hydrogens (primary N) is 1. The molecule has 1 rings (SSSR count). The van der Waals surface area contributed by atoms with Crippen LogP contribution in [0, 0.1) is 0 Å². The molecule has 0 spiro atoms. The third-order valence-corrected chi connectivity index (χ3v) is 1.04. The number of amides is 2. The van der Waals surface area contributed by atoms with Crippen molar-refractivity contribution in [2.24, 2.45) is 10.8 Å². The highest BCUT2D eigenvalue weighted by Crippen LogP contribution is 1.87. The average Bonchev–Trinajstić information content (AvgIpc) is 1.81. The van der Waals surface area contributed by atoms with Crippen LogP contribution < -0.4 is 21.9 Å². The topological polar surface area (TPSA) is 94.8 Å². The molecule has 0 bridgehead atoms. The molecule has 0 aliphatic carbocycles. The van der Waals surface area contributed by atoms with E-state index in [-0.39, 0.29) is 12.0 Å². The van der Waals surface area contributed by atoms with Crippen molar-refractivity contribution in [1.29, 1.82) is 0 Å². The van der Waals surface area contributed by atoms with Crippen molar-refractivity contribution in [2.75, 3.05) is 0 Å². The summed E-state index contributed by atoms with van der Waals surface area (Å²) in [7, 11) is 0. The molecule has 0 fully saturated rings. The fourth-order valence-corrected chi connectivity index (χ4v) is 0.704. The Morgan fingerprint density at radius 3 is 2.83 bits per heavy atom. The van der Waals surface area contributed by atoms with Crippen molar-refractivity contribution in [3.8, 4) is 0 Å². The molecule has 0 aromatic heterocycles. The van der Waals surface area contributed by atoms with Crippen LogP contribution in [0.15, 0.2) is 5.10 Å². The minimum Gasteiger partial charge on any atom is -0.368 e. The minimum absolute atomic E-state index is 0.0619. The highest BCUT2D eigenvalue weighted by molar-refractivity contribution is 5.96. The van der Waals surface area contributed by atoms with Crippen LogP contribution in [0.5, 0.6) is 0 Å². The van der Waals surface area contributed by atoms with E-state index in [4.69, 9.17) is 5.73 Å². The Morgan fingerprint density at radius 1 is 1.67 bits per heavy atom. The first-order valence-corrected chi connectivity index (χ1v) is 3.56. The molecule has 0 saturated carbocycles. The van der Waals surface area contributed by atoms with Gasteiger partial charge in [0.15, 0.2) is 0 Å². The van der Waals surface area contributed by atoms with Gasteiger partial charge in [-0.1, -0.05) is 0 Å². The molecule has 7 heteroatoms. The van der Waals surface area contributed by atoms with E-state index in [0.29, 0.717) is 0 Å². The number of guanidine groups is 1. The summed E-state index contributed by atoms with van der Waals surface area (Å²) >= 11 is 0. The summed E-state index contributed by atoms with van der Waals surface area (Å²) in [5.41, 5.74) is 10.5. The second-order valence-corrected chi connectivity index (χ2v) is 2.65. The van der Waals surface area contributed by atoms with E-state index in [9.17, 15) is 4.79 Å². The van der Waals surface area contributed by atoms with E-state index in [1.54, 1.807) is 0 Å². The number of hydrogen-bond donors (Lipinski definition) is 4. The van der Waals surface area contributed by atoms with E-state index < -0.39 is 6.03 Å². The summed E-state index contributed by atoms with van der Waals surface area (Å²) in [4.78, 5) is 10.8. The maximum atomic E-state index is 10.8. The third kappa shape index (κ3) is 2.27. The predicted octanol–water partition coefficient (Wildman–Crippen LogP) is -1.34. The molecule has 7 nitrogen and oxygen atoms in total. The SMILES string of the molecule is CC(C)NN1N=C(N)NC(=O)N1. The van der Waals surface area contributed by atoms with Crippen LogP contribution in [-0.2, 0) is 0 Å². The van der Waals surface area contributed by atoms with Gasteiger partial charge in [0.1, 0.15) is 0 Å². The number of carbonyl (C=O) groups is 1. The molecule has 2 amide bonds. The number of nitrogens with zero attached hydrogens (tertiary/aromatic N) is 2. The van der Waals surface area contributed by atoms with Gasteiger partial charge in [0.2, 0.25) is 5.96 Å². The fraction of sp³-hybridized carbons (Fsp3) is 0.600. The molecular formula is C5H12N6O. The number of carbonyl (C=O) groups excluding carboxylic acids is 1. The Kier molecular flexibility index (Phi) is 2.34. The van der Waals surface area contributed by atoms with Crippen LogP contribution in [0.2, 0.25) is 0 Å². The smallest absolute Gasteiger partial charge is 0.342 e. The van der Waals surface area contributed by atoms with Gasteiger partial charge in [-0.05, 0) is 13.8 Å². The first-order valence-electron chi connectivity index (χ1n) is 3.56. The van der Waals surface area contributed by atoms with Crippen molar-refractivity contribution in [2.45, 2.75) is 19.9 Å². The van der Waals surface area contributed by atoms with Crippen molar-refractivity contribution in [3.63, 3.8) is 0 Å². The summed E-state index contributed by atoms with van der Waals surface area (Å²) < 4.78 is 0. The zero-order chi connectivity index (χ0) is 9.14. The van der Waals surface area contributed by atoms with Crippen LogP contribution in [0.25, 0.3) is 0 Å². The molecule has 1 heterocycles. The number of rotatable bonds is 2. The van der Waals surface area contributed by atoms with Crippen LogP contribution in [-0.4, -0.2) is 23.3 Å². The number of nitrogens with one attached hydrogen (secondary N) is 3. The van der Waals surface area contributed by atoms with E-state index in [0.717, 1.165) is 0 Å². The van der Waals surface area contributed by atoms with Gasteiger partial charge < -0.3 is 5.73 Å². The number of urea groups is 1. The molecule has 0 atom stereocenters. The van der Waals surface area contributed by atoms with Crippen LogP contribution >= 0.6 is 0 Å². The Hall–Kier alpha value is -1.50. The monoisotopic (exact) mass is 172 g/mol. The quantitative estimate of drug-likeness (QED) is 0.414. The predicted molar refractivity (Wildman–Crippen MR) is 43.4 cm³/mol. The summed E-state index contributed by atoms with van der Waals surface area (Å²) in [6, 6.07) is -0.240. The Morgan fingerprint density at radius 2 is 2.33 bits per heavy atom. The number of hydrazine groups is 2. The van der Waals surface area contributed by atoms with Gasteiger partial charge in [-0.25, -0.2) is 10.2 Å². The first kappa shape index (κ1) is 8.60. The van der Waals surface area contributed by atoms with Crippen molar-refractivity contribution in [3.05, 3.63) is 0 Å². The van der Waals surface area contributed by atoms with Gasteiger partial charge in [0.25, 0.3) is 0 Å². The normalized spacial score (nSPS) is 17.1. The lowest BCUT2D eigenvalue weighted by Crippen LogP contribution is -2.60. The highest BCUT2D eigenvalue weighted by atomic mass is 16.2. The van der Waals surface area contributed by atoms with Crippen LogP contribution in [0.3, 0.4) is 0 Å². The molecule has 0 aromatic carbocycles. The first-order chi connectivity index (χ1) is 5.58. The summed E-state index contributed by atoms with van der Waals surface area (Å²) in [5.74, 6) is 0.0619. The standard InChI is InChI=1S/C5H12N6O/c1-3(2)8-11-9-4(6)7-5(12)10-11/h3,8H,1-2H3,(H4,6,7,9,10,12). The molecule has 0 aromatic rings. The van der Waals surface area contributed by atoms with Gasteiger partial charge in [-0.2, -0.15) is 5.43 Å². The maximum absolute atomic E-state index is 10.8. The molecular weight excluding hydrogens is 160 g/mol. The minimum atomic E-state index is -0.407. The lowest BCUT2D eigenvalue weighted by Gasteiger charge is -2.26. The number of hydrogen-bond acceptors (Lipinski definition) is 5. The van der Waals surface area contributed by atoms with Crippen molar-refractivity contribution in [1.82, 2.24) is 21.4 Å². The second-order valence-electron chi connectivity index (χ2n) is 2.65. The molecule has 5 N–H and O–H groups in total. The number of hydrazone groups is 1. The van der Waals surface area contributed by atoms with E-state index in [1.165, 1.54) is 5.23 Å². The molecule has 0 unspecified atom stereocenters. The Labute approximate surface area is 69.9 Å². The molecule has 0 radical (unpaired) electrons. The van der Waals surface area contributed by atoms with E-state index in [1.807, 2.05) is 13.8 Å². The Balaban J connectivity index is 2.54. The lowest BCUT2D eigenvalue weighted by atomic mass is 10.4. The van der Waals surface area contributed by atoms with Crippen LogP contribution in [0.1, 0.15) is 13.8 Å². The summed E-state index contributed by atoms with van der Waals surface area (Å²) in [6.07, 6.45) is 0. The van der Waals surface area contributed by atoms with Crippen LogP contribution in [0.4, 0.5) is 4.79 Å². The maximum Gasteiger partial charge on any atom is 0.342 e. The molecule has 0 saturated heterocycles. The zero-order valence-electron chi connectivity index (χ0n) is 6.96. The lowest BCUT2D eigenvalue weighted by molar-refractivity contribution is 0.108. The van der Waals surface area contributed by atoms with Gasteiger partial charge in [0, 0.05) is 6.04 Å². The third-order valence-electron chi connectivity index (χ3n) is 1.04. The summed E-state index contributed by atoms with van der Waals surface area (Å²) in [6.45, 7) is 3.83. The fourth-order valence-electron chi connectivity index (χ4n) is 0.704. The Bertz CT molecular complexity index is 212. The van der Waals surface area contributed by atoms with E-state index in [2.05, 4.69) is 21.3 Å². The van der Waals surface area contributed by atoms with Gasteiger partial charge in [-0.3, -0.25) is 5.32 Å². The van der Waals surface area contributed by atoms with Crippen molar-refractivity contribution < 1.29 is 4.79 Å². The van der Waals surface area contributed by atoms with Gasteiger partial charge in [-0.15, -0.1) is 10.3 Å². The molecule has 1 aliphatic rings. The molecule has 12 heavy (non-hydrogen) atoms. The zero-order valence-corrected chi connectivity index (χ0v) is 6.96. The van der Waals surface area contributed by atoms with Crippen molar-refractivity contribution >= 4 is 12.0 Å². The molecule has 1 aliphatic heterocycles. The largest absolute Gasteiger partial charge is 0.368 e. The van der Waals surface area contributed by atoms with Gasteiger partial charge in [0.05, 0.1) is 0 Å². The molecule has 68 valence electrons. The second kappa shape index (κ2) is 3.26. The summed E-state index contributed by atoms with van der Waals surface area (Å²) in [5, 5.41) is 7.20. The highest BCUT2D eigenvalue weighted by Gasteiger charge is 2.14. The van der Waals surface area contributed by atoms with Gasteiger partial charge >= 0.3 is 6.03 Å².